The lowest BCUT2D eigenvalue weighted by Crippen LogP contribution is -2.41. The first-order valence-electron chi connectivity index (χ1n) is 8.62. The number of rotatable bonds is 3. The van der Waals surface area contributed by atoms with Crippen LogP contribution in [0.4, 0.5) is 0 Å². The first-order valence-corrected chi connectivity index (χ1v) is 9.41. The van der Waals surface area contributed by atoms with Crippen molar-refractivity contribution in [3.05, 3.63) is 60.1 Å². The molecule has 3 rings (SSSR count). The average molecular weight is 412 g/mol. The monoisotopic (exact) mass is 411 g/mol. The molecule has 2 aliphatic heterocycles. The maximum atomic E-state index is 9.87. The van der Waals surface area contributed by atoms with E-state index in [0.717, 1.165) is 53.5 Å². The normalized spacial score (nSPS) is 22.8. The van der Waals surface area contributed by atoms with Gasteiger partial charge in [0.2, 0.25) is 0 Å². The van der Waals surface area contributed by atoms with Crippen LogP contribution in [0.15, 0.2) is 64.5 Å². The third kappa shape index (κ3) is 3.19. The Hall–Kier alpha value is -2.39. The molecule has 5 nitrogen and oxygen atoms in total. The molecule has 0 amide bonds. The van der Waals surface area contributed by atoms with Crippen molar-refractivity contribution in [2.24, 2.45) is 9.98 Å². The molecule has 26 heavy (non-hydrogen) atoms. The first-order chi connectivity index (χ1) is 12.5. The van der Waals surface area contributed by atoms with Gasteiger partial charge >= 0.3 is 0 Å². The Morgan fingerprint density at radius 2 is 2.00 bits per heavy atom. The summed E-state index contributed by atoms with van der Waals surface area (Å²) in [6.07, 6.45) is 3.13. The quantitative estimate of drug-likeness (QED) is 0.705. The molecule has 0 atom stereocenters. The minimum atomic E-state index is -0.406. The molecule has 1 saturated heterocycles. The van der Waals surface area contributed by atoms with Gasteiger partial charge in [0.05, 0.1) is 11.5 Å². The number of aliphatic imine (C=N–C) groups is 2. The van der Waals surface area contributed by atoms with Crippen LogP contribution in [0.5, 0.6) is 0 Å². The molecule has 2 heterocycles. The molecule has 0 saturated carbocycles. The van der Waals surface area contributed by atoms with Crippen molar-refractivity contribution in [2.45, 2.75) is 25.2 Å². The molecule has 6 heteroatoms. The van der Waals surface area contributed by atoms with Crippen LogP contribution in [0.25, 0.3) is 0 Å². The van der Waals surface area contributed by atoms with E-state index < -0.39 is 5.41 Å². The summed E-state index contributed by atoms with van der Waals surface area (Å²) in [4.78, 5) is 13.2. The number of benzene rings is 1. The van der Waals surface area contributed by atoms with Gasteiger partial charge in [0.15, 0.2) is 10.6 Å². The number of nitriles is 1. The average Bonchev–Trinajstić information content (AvgIpc) is 2.97. The Labute approximate surface area is 163 Å². The Kier molecular flexibility index (Phi) is 5.28. The number of likely N-dealkylation sites (tertiary alicyclic amines) is 1. The molecule has 0 spiro atoms. The van der Waals surface area contributed by atoms with E-state index in [9.17, 15) is 5.26 Å². The van der Waals surface area contributed by atoms with Crippen LogP contribution < -0.4 is 0 Å². The number of nitrogens with zero attached hydrogens (tertiary/aromatic N) is 5. The van der Waals surface area contributed by atoms with Crippen molar-refractivity contribution in [1.82, 2.24) is 9.80 Å². The fourth-order valence-electron chi connectivity index (χ4n) is 3.54. The van der Waals surface area contributed by atoms with E-state index in [1.54, 1.807) is 0 Å². The highest BCUT2D eigenvalue weighted by atomic mass is 79.9. The molecule has 2 aliphatic rings. The van der Waals surface area contributed by atoms with Gasteiger partial charge in [0.1, 0.15) is 5.70 Å². The molecular weight excluding hydrogens is 390 g/mol. The van der Waals surface area contributed by atoms with E-state index in [-0.39, 0.29) is 0 Å². The van der Waals surface area contributed by atoms with Crippen molar-refractivity contribution in [3.63, 3.8) is 0 Å². The Morgan fingerprint density at radius 3 is 2.58 bits per heavy atom. The summed E-state index contributed by atoms with van der Waals surface area (Å²) in [6.45, 7) is 7.40. The van der Waals surface area contributed by atoms with E-state index in [1.807, 2.05) is 30.1 Å². The number of hydrogen-bond acceptors (Lipinski definition) is 4. The van der Waals surface area contributed by atoms with Crippen molar-refractivity contribution in [2.75, 3.05) is 20.1 Å². The van der Waals surface area contributed by atoms with E-state index in [1.165, 1.54) is 6.20 Å². The second-order valence-electron chi connectivity index (χ2n) is 6.56. The number of amidine groups is 2. The van der Waals surface area contributed by atoms with Crippen LogP contribution in [-0.2, 0) is 5.41 Å². The molecule has 0 unspecified atom stereocenters. The largest absolute Gasteiger partial charge is 0.373 e. The van der Waals surface area contributed by atoms with Gasteiger partial charge in [-0.3, -0.25) is 0 Å². The van der Waals surface area contributed by atoms with Gasteiger partial charge in [-0.15, -0.1) is 0 Å². The molecule has 0 bridgehead atoms. The van der Waals surface area contributed by atoms with Crippen LogP contribution in [0.2, 0.25) is 0 Å². The topological polar surface area (TPSA) is 55.0 Å². The van der Waals surface area contributed by atoms with E-state index in [2.05, 4.69) is 62.5 Å². The van der Waals surface area contributed by atoms with Crippen LogP contribution >= 0.6 is 15.9 Å². The minimum absolute atomic E-state index is 0.406. The molecule has 1 fully saturated rings. The first kappa shape index (κ1) is 18.4. The maximum Gasteiger partial charge on any atom is 0.179 e. The highest BCUT2D eigenvalue weighted by Gasteiger charge is 2.37. The second kappa shape index (κ2) is 7.46. The Balaban J connectivity index is 1.85. The highest BCUT2D eigenvalue weighted by molar-refractivity contribution is 9.18. The van der Waals surface area contributed by atoms with Gasteiger partial charge in [0, 0.05) is 32.0 Å². The lowest BCUT2D eigenvalue weighted by Gasteiger charge is -2.39. The van der Waals surface area contributed by atoms with E-state index >= 15 is 0 Å². The zero-order valence-corrected chi connectivity index (χ0v) is 16.7. The summed E-state index contributed by atoms with van der Waals surface area (Å²) in [5.74, 6) is 0.782. The lowest BCUT2D eigenvalue weighted by molar-refractivity contribution is 0.228. The molecule has 1 aromatic carbocycles. The van der Waals surface area contributed by atoms with Crippen LogP contribution in [-0.4, -0.2) is 40.5 Å². The predicted octanol–water partition coefficient (Wildman–Crippen LogP) is 4.01. The summed E-state index contributed by atoms with van der Waals surface area (Å²) < 4.78 is 0.736. The Morgan fingerprint density at radius 1 is 1.35 bits per heavy atom. The standard InChI is InChI=1S/C20H22BrN5/c1-4-23-18-17(24-19(21)25(18)3)15(2)26-12-10-20(14-22,11-13-26)16-8-6-5-7-9-16/h4-9H,1,10-13H2,2-3H3/b17-15-,23-18?. The maximum absolute atomic E-state index is 9.87. The predicted molar refractivity (Wildman–Crippen MR) is 109 cm³/mol. The van der Waals surface area contributed by atoms with Crippen LogP contribution in [0.3, 0.4) is 0 Å². The lowest BCUT2D eigenvalue weighted by atomic mass is 9.74. The van der Waals surface area contributed by atoms with Crippen molar-refractivity contribution < 1.29 is 0 Å². The number of likely N-dealkylation sites (N-methyl/N-ethyl adjacent to an activating group) is 1. The Bertz CT molecular complexity index is 824. The van der Waals surface area contributed by atoms with Crippen molar-refractivity contribution in [1.29, 1.82) is 5.26 Å². The van der Waals surface area contributed by atoms with Gasteiger partial charge in [-0.05, 0) is 41.3 Å². The van der Waals surface area contributed by atoms with Gasteiger partial charge < -0.3 is 9.80 Å². The van der Waals surface area contributed by atoms with E-state index in [4.69, 9.17) is 0 Å². The fourth-order valence-corrected chi connectivity index (χ4v) is 3.88. The van der Waals surface area contributed by atoms with Gasteiger partial charge in [-0.1, -0.05) is 36.9 Å². The molecular formula is C20H22BrN5. The summed E-state index contributed by atoms with van der Waals surface area (Å²) in [5, 5.41) is 9.87. The smallest absolute Gasteiger partial charge is 0.179 e. The zero-order valence-electron chi connectivity index (χ0n) is 15.1. The SMILES string of the molecule is C=CN=C1/C(=C(\C)N2CCC(C#N)(c3ccccc3)CC2)N=C(Br)N1C. The third-order valence-electron chi connectivity index (χ3n) is 5.20. The van der Waals surface area contributed by atoms with Crippen molar-refractivity contribution >= 4 is 26.5 Å². The summed E-state index contributed by atoms with van der Waals surface area (Å²) >= 11 is 3.47. The molecule has 0 N–H and O–H groups in total. The fraction of sp³-hybridized carbons (Fsp3) is 0.350. The minimum Gasteiger partial charge on any atom is -0.373 e. The van der Waals surface area contributed by atoms with Gasteiger partial charge in [-0.2, -0.15) is 5.26 Å². The molecule has 0 aliphatic carbocycles. The molecule has 1 aromatic rings. The summed E-state index contributed by atoms with van der Waals surface area (Å²) in [6, 6.07) is 12.7. The van der Waals surface area contributed by atoms with Crippen LogP contribution in [0, 0.1) is 11.3 Å². The number of piperidine rings is 1. The second-order valence-corrected chi connectivity index (χ2v) is 7.27. The van der Waals surface area contributed by atoms with Crippen molar-refractivity contribution in [3.8, 4) is 6.07 Å². The number of hydrogen-bond donors (Lipinski definition) is 0. The van der Waals surface area contributed by atoms with Gasteiger partial charge in [-0.25, -0.2) is 9.98 Å². The summed E-state index contributed by atoms with van der Waals surface area (Å²) in [5.41, 5.74) is 2.63. The number of allylic oxidation sites excluding steroid dienone is 1. The van der Waals surface area contributed by atoms with Crippen LogP contribution in [0.1, 0.15) is 25.3 Å². The zero-order chi connectivity index (χ0) is 18.7. The summed E-state index contributed by atoms with van der Waals surface area (Å²) in [7, 11) is 1.92. The van der Waals surface area contributed by atoms with Gasteiger partial charge in [0.25, 0.3) is 0 Å². The molecule has 134 valence electrons. The number of halogens is 1. The molecule has 0 aromatic heterocycles. The van der Waals surface area contributed by atoms with E-state index in [0.29, 0.717) is 0 Å². The highest BCUT2D eigenvalue weighted by Crippen LogP contribution is 2.36. The molecule has 0 radical (unpaired) electrons. The third-order valence-corrected chi connectivity index (χ3v) is 5.91.